The number of ether oxygens (including phenoxy) is 1. The van der Waals surface area contributed by atoms with Gasteiger partial charge in [-0.3, -0.25) is 9.59 Å². The molecule has 1 aromatic heterocycles. The summed E-state index contributed by atoms with van der Waals surface area (Å²) in [6.45, 7) is 0.990. The summed E-state index contributed by atoms with van der Waals surface area (Å²) in [5.74, 6) is 0. The van der Waals surface area contributed by atoms with E-state index in [0.717, 1.165) is 5.56 Å². The highest BCUT2D eigenvalue weighted by molar-refractivity contribution is 7.89. The molecule has 2 heterocycles. The second kappa shape index (κ2) is 7.25. The van der Waals surface area contributed by atoms with E-state index in [2.05, 4.69) is 0 Å². The van der Waals surface area contributed by atoms with Crippen LogP contribution in [0.4, 0.5) is 0 Å². The first kappa shape index (κ1) is 19.6. The van der Waals surface area contributed by atoms with E-state index in [-0.39, 0.29) is 24.1 Å². The van der Waals surface area contributed by atoms with Gasteiger partial charge in [0.2, 0.25) is 10.0 Å². The van der Waals surface area contributed by atoms with E-state index in [1.807, 2.05) is 30.3 Å². The lowest BCUT2D eigenvalue weighted by molar-refractivity contribution is -0.0295. The standard InChI is InChI=1S/C20H21N3O5S/c1-21-17-9-8-16(10-18(17)22(2)20(25)19(21)24)29(26,27)23-11-15(12-23)28-13-14-6-4-3-5-7-14/h3-10,15H,11-13H2,1-2H3. The smallest absolute Gasteiger partial charge is 0.316 e. The van der Waals surface area contributed by atoms with Gasteiger partial charge in [-0.1, -0.05) is 30.3 Å². The van der Waals surface area contributed by atoms with Crippen molar-refractivity contribution in [2.75, 3.05) is 13.1 Å². The third kappa shape index (κ3) is 3.41. The first-order chi connectivity index (χ1) is 13.8. The zero-order chi connectivity index (χ0) is 20.8. The third-order valence-electron chi connectivity index (χ3n) is 5.24. The normalized spacial score (nSPS) is 15.5. The van der Waals surface area contributed by atoms with Gasteiger partial charge in [-0.05, 0) is 23.8 Å². The molecule has 3 aromatic rings. The number of benzene rings is 2. The van der Waals surface area contributed by atoms with Crippen molar-refractivity contribution in [1.29, 1.82) is 0 Å². The molecule has 8 nitrogen and oxygen atoms in total. The molecule has 1 saturated heterocycles. The number of hydrogen-bond donors (Lipinski definition) is 0. The summed E-state index contributed by atoms with van der Waals surface area (Å²) < 4.78 is 35.4. The summed E-state index contributed by atoms with van der Waals surface area (Å²) in [7, 11) is -0.763. The number of sulfonamides is 1. The molecule has 9 heteroatoms. The predicted molar refractivity (Wildman–Crippen MR) is 108 cm³/mol. The molecule has 1 aliphatic heterocycles. The molecule has 0 amide bonds. The van der Waals surface area contributed by atoms with Gasteiger partial charge < -0.3 is 13.9 Å². The minimum Gasteiger partial charge on any atom is -0.371 e. The Morgan fingerprint density at radius 2 is 1.55 bits per heavy atom. The highest BCUT2D eigenvalue weighted by atomic mass is 32.2. The van der Waals surface area contributed by atoms with Crippen molar-refractivity contribution >= 4 is 21.1 Å². The SMILES string of the molecule is Cn1c(=O)c(=O)n(C)c2cc(S(=O)(=O)N3CC(OCc4ccccc4)C3)ccc21. The lowest BCUT2D eigenvalue weighted by Crippen LogP contribution is -2.54. The van der Waals surface area contributed by atoms with E-state index in [1.165, 1.54) is 39.7 Å². The van der Waals surface area contributed by atoms with E-state index in [9.17, 15) is 18.0 Å². The Morgan fingerprint density at radius 1 is 0.931 bits per heavy atom. The highest BCUT2D eigenvalue weighted by Crippen LogP contribution is 2.25. The van der Waals surface area contributed by atoms with Crippen LogP contribution in [0.15, 0.2) is 63.0 Å². The molecule has 0 radical (unpaired) electrons. The molecule has 0 saturated carbocycles. The maximum Gasteiger partial charge on any atom is 0.316 e. The lowest BCUT2D eigenvalue weighted by atomic mass is 10.2. The fourth-order valence-corrected chi connectivity index (χ4v) is 4.89. The van der Waals surface area contributed by atoms with Crippen LogP contribution in [0.2, 0.25) is 0 Å². The summed E-state index contributed by atoms with van der Waals surface area (Å²) in [6.07, 6.45) is -0.157. The molecule has 0 bridgehead atoms. The monoisotopic (exact) mass is 415 g/mol. The number of nitrogens with zero attached hydrogens (tertiary/aromatic N) is 3. The quantitative estimate of drug-likeness (QED) is 0.576. The van der Waals surface area contributed by atoms with E-state index >= 15 is 0 Å². The van der Waals surface area contributed by atoms with Gasteiger partial charge in [0.15, 0.2) is 0 Å². The Labute approximate surface area is 167 Å². The molecule has 0 spiro atoms. The fourth-order valence-electron chi connectivity index (χ4n) is 3.36. The van der Waals surface area contributed by atoms with Gasteiger partial charge in [-0.25, -0.2) is 8.42 Å². The highest BCUT2D eigenvalue weighted by Gasteiger charge is 2.37. The topological polar surface area (TPSA) is 90.6 Å². The molecular weight excluding hydrogens is 394 g/mol. The van der Waals surface area contributed by atoms with Crippen molar-refractivity contribution in [3.05, 3.63) is 74.8 Å². The molecule has 1 fully saturated rings. The molecule has 29 heavy (non-hydrogen) atoms. The van der Waals surface area contributed by atoms with Gasteiger partial charge in [0.1, 0.15) is 0 Å². The first-order valence-corrected chi connectivity index (χ1v) is 10.6. The Hall–Kier alpha value is -2.75. The van der Waals surface area contributed by atoms with Crippen LogP contribution in [0.3, 0.4) is 0 Å². The summed E-state index contributed by atoms with van der Waals surface area (Å²) in [5.41, 5.74) is 0.554. The van der Waals surface area contributed by atoms with E-state index in [4.69, 9.17) is 4.74 Å². The molecule has 0 N–H and O–H groups in total. The largest absolute Gasteiger partial charge is 0.371 e. The Balaban J connectivity index is 1.53. The van der Waals surface area contributed by atoms with Crippen LogP contribution in [0.25, 0.3) is 11.0 Å². The van der Waals surface area contributed by atoms with Crippen LogP contribution in [0, 0.1) is 0 Å². The summed E-state index contributed by atoms with van der Waals surface area (Å²) in [4.78, 5) is 24.1. The van der Waals surface area contributed by atoms with Gasteiger partial charge >= 0.3 is 11.1 Å². The Morgan fingerprint density at radius 3 is 2.21 bits per heavy atom. The average Bonchev–Trinajstić information content (AvgIpc) is 2.69. The number of aromatic nitrogens is 2. The van der Waals surface area contributed by atoms with Gasteiger partial charge in [-0.2, -0.15) is 4.31 Å². The van der Waals surface area contributed by atoms with Crippen molar-refractivity contribution in [3.8, 4) is 0 Å². The third-order valence-corrected chi connectivity index (χ3v) is 7.07. The molecule has 0 unspecified atom stereocenters. The summed E-state index contributed by atoms with van der Waals surface area (Å²) in [5, 5.41) is 0. The van der Waals surface area contributed by atoms with Crippen molar-refractivity contribution < 1.29 is 13.2 Å². The van der Waals surface area contributed by atoms with E-state index < -0.39 is 21.1 Å². The van der Waals surface area contributed by atoms with E-state index in [0.29, 0.717) is 17.6 Å². The summed E-state index contributed by atoms with van der Waals surface area (Å²) in [6, 6.07) is 14.1. The number of hydrogen-bond acceptors (Lipinski definition) is 5. The minimum absolute atomic E-state index is 0.0835. The zero-order valence-electron chi connectivity index (χ0n) is 16.1. The molecule has 4 rings (SSSR count). The van der Waals surface area contributed by atoms with Crippen LogP contribution in [0.5, 0.6) is 0 Å². The van der Waals surface area contributed by atoms with Crippen LogP contribution < -0.4 is 11.1 Å². The number of fused-ring (bicyclic) bond motifs is 1. The Bertz CT molecular complexity index is 1290. The predicted octanol–water partition coefficient (Wildman–Crippen LogP) is 0.827. The van der Waals surface area contributed by atoms with Crippen LogP contribution in [-0.4, -0.2) is 41.1 Å². The van der Waals surface area contributed by atoms with Crippen molar-refractivity contribution in [1.82, 2.24) is 13.4 Å². The molecule has 0 atom stereocenters. The van der Waals surface area contributed by atoms with Crippen molar-refractivity contribution in [2.24, 2.45) is 14.1 Å². The molecular formula is C20H21N3O5S. The fraction of sp³-hybridized carbons (Fsp3) is 0.300. The zero-order valence-corrected chi connectivity index (χ0v) is 16.9. The molecule has 152 valence electrons. The van der Waals surface area contributed by atoms with Crippen molar-refractivity contribution in [2.45, 2.75) is 17.6 Å². The number of aryl methyl sites for hydroxylation is 2. The molecule has 0 aliphatic carbocycles. The second-order valence-electron chi connectivity index (χ2n) is 7.12. The summed E-state index contributed by atoms with van der Waals surface area (Å²) >= 11 is 0. The van der Waals surface area contributed by atoms with Gasteiger partial charge in [-0.15, -0.1) is 0 Å². The lowest BCUT2D eigenvalue weighted by Gasteiger charge is -2.37. The maximum atomic E-state index is 12.9. The van der Waals surface area contributed by atoms with Crippen LogP contribution >= 0.6 is 0 Å². The van der Waals surface area contributed by atoms with Gasteiger partial charge in [0.05, 0.1) is 28.6 Å². The first-order valence-electron chi connectivity index (χ1n) is 9.14. The average molecular weight is 415 g/mol. The maximum absolute atomic E-state index is 12.9. The van der Waals surface area contributed by atoms with Crippen LogP contribution in [0.1, 0.15) is 5.56 Å². The Kier molecular flexibility index (Phi) is 4.89. The molecule has 1 aliphatic rings. The minimum atomic E-state index is -3.71. The number of rotatable bonds is 5. The van der Waals surface area contributed by atoms with Gasteiger partial charge in [0.25, 0.3) is 0 Å². The molecule has 2 aromatic carbocycles. The van der Waals surface area contributed by atoms with Crippen molar-refractivity contribution in [3.63, 3.8) is 0 Å². The second-order valence-corrected chi connectivity index (χ2v) is 9.06. The van der Waals surface area contributed by atoms with Gasteiger partial charge in [0, 0.05) is 27.2 Å². The van der Waals surface area contributed by atoms with Crippen LogP contribution in [-0.2, 0) is 35.5 Å². The van der Waals surface area contributed by atoms with E-state index in [1.54, 1.807) is 6.07 Å².